The zero-order chi connectivity index (χ0) is 14.1. The van der Waals surface area contributed by atoms with E-state index in [0.717, 1.165) is 45.4 Å². The number of aliphatic hydroxyl groups excluding tert-OH is 1. The van der Waals surface area contributed by atoms with Gasteiger partial charge in [-0.25, -0.2) is 0 Å². The van der Waals surface area contributed by atoms with Crippen molar-refractivity contribution in [3.05, 3.63) is 0 Å². The fraction of sp³-hybridized carbons (Fsp3) is 0.929. The first-order chi connectivity index (χ1) is 9.21. The Balaban J connectivity index is 2.48. The molecule has 1 fully saturated rings. The highest BCUT2D eigenvalue weighted by atomic mass is 16.5. The van der Waals surface area contributed by atoms with Crippen molar-refractivity contribution in [2.45, 2.75) is 38.6 Å². The molecule has 0 amide bonds. The lowest BCUT2D eigenvalue weighted by Crippen LogP contribution is -2.51. The predicted molar refractivity (Wildman–Crippen MR) is 75.0 cm³/mol. The van der Waals surface area contributed by atoms with Gasteiger partial charge in [-0.15, -0.1) is 0 Å². The number of ether oxygens (including phenoxy) is 1. The van der Waals surface area contributed by atoms with Crippen molar-refractivity contribution in [1.29, 1.82) is 0 Å². The third-order valence-electron chi connectivity index (χ3n) is 3.66. The van der Waals surface area contributed by atoms with Crippen LogP contribution in [0.4, 0.5) is 0 Å². The van der Waals surface area contributed by atoms with Crippen LogP contribution in [0.1, 0.15) is 32.6 Å². The number of unbranched alkanes of at least 4 members (excludes halogenated alkanes) is 1. The Labute approximate surface area is 116 Å². The Hall–Kier alpha value is -0.650. The summed E-state index contributed by atoms with van der Waals surface area (Å²) in [7, 11) is 1.46. The molecule has 0 saturated carbocycles. The summed E-state index contributed by atoms with van der Waals surface area (Å²) in [4.78, 5) is 14.1. The largest absolute Gasteiger partial charge is 0.469 e. The monoisotopic (exact) mass is 272 g/mol. The van der Waals surface area contributed by atoms with Crippen LogP contribution in [0.25, 0.3) is 0 Å². The molecular formula is C14H28N2O3. The topological polar surface area (TPSA) is 61.8 Å². The number of rotatable bonds is 8. The van der Waals surface area contributed by atoms with Gasteiger partial charge in [-0.1, -0.05) is 13.3 Å². The molecule has 2 unspecified atom stereocenters. The van der Waals surface area contributed by atoms with Crippen molar-refractivity contribution >= 4 is 5.97 Å². The fourth-order valence-electron chi connectivity index (χ4n) is 2.63. The Morgan fingerprint density at radius 3 is 2.84 bits per heavy atom. The van der Waals surface area contributed by atoms with E-state index < -0.39 is 0 Å². The highest BCUT2D eigenvalue weighted by molar-refractivity contribution is 5.72. The average Bonchev–Trinajstić information content (AvgIpc) is 2.44. The van der Waals surface area contributed by atoms with E-state index >= 15 is 0 Å². The standard InChI is InChI=1S/C14H28N2O3/c1-3-4-7-16-10-12(14(18)19-2)9-13(11-16)15-6-5-8-17/h12-13,15,17H,3-11H2,1-2H3. The smallest absolute Gasteiger partial charge is 0.310 e. The minimum Gasteiger partial charge on any atom is -0.469 e. The lowest BCUT2D eigenvalue weighted by molar-refractivity contribution is -0.147. The quantitative estimate of drug-likeness (QED) is 0.501. The maximum absolute atomic E-state index is 11.7. The number of carbonyl (C=O) groups excluding carboxylic acids is 1. The molecule has 1 aliphatic heterocycles. The molecule has 0 radical (unpaired) electrons. The number of aliphatic hydroxyl groups is 1. The van der Waals surface area contributed by atoms with E-state index in [2.05, 4.69) is 17.1 Å². The van der Waals surface area contributed by atoms with Crippen molar-refractivity contribution in [2.75, 3.05) is 39.9 Å². The summed E-state index contributed by atoms with van der Waals surface area (Å²) in [5.41, 5.74) is 0. The summed E-state index contributed by atoms with van der Waals surface area (Å²) in [6.45, 7) is 6.03. The maximum atomic E-state index is 11.7. The van der Waals surface area contributed by atoms with Crippen molar-refractivity contribution in [3.8, 4) is 0 Å². The molecule has 0 bridgehead atoms. The van der Waals surface area contributed by atoms with Crippen LogP contribution in [0.5, 0.6) is 0 Å². The van der Waals surface area contributed by atoms with Gasteiger partial charge in [0.25, 0.3) is 0 Å². The van der Waals surface area contributed by atoms with Crippen molar-refractivity contribution in [2.24, 2.45) is 5.92 Å². The Morgan fingerprint density at radius 1 is 1.42 bits per heavy atom. The van der Waals surface area contributed by atoms with Gasteiger partial charge < -0.3 is 20.1 Å². The number of nitrogens with zero attached hydrogens (tertiary/aromatic N) is 1. The molecule has 0 spiro atoms. The number of hydrogen-bond acceptors (Lipinski definition) is 5. The number of piperidine rings is 1. The number of likely N-dealkylation sites (tertiary alicyclic amines) is 1. The van der Waals surface area contributed by atoms with Crippen molar-refractivity contribution in [1.82, 2.24) is 10.2 Å². The van der Waals surface area contributed by atoms with Crippen LogP contribution < -0.4 is 5.32 Å². The number of esters is 1. The third kappa shape index (κ3) is 5.89. The summed E-state index contributed by atoms with van der Waals surface area (Å²) in [5, 5.41) is 12.2. The second-order valence-electron chi connectivity index (χ2n) is 5.30. The van der Waals surface area contributed by atoms with Crippen LogP contribution >= 0.6 is 0 Å². The van der Waals surface area contributed by atoms with E-state index in [1.54, 1.807) is 0 Å². The van der Waals surface area contributed by atoms with E-state index in [0.29, 0.717) is 6.04 Å². The molecule has 1 aliphatic rings. The summed E-state index contributed by atoms with van der Waals surface area (Å²) in [6, 6.07) is 0.321. The molecule has 0 aromatic heterocycles. The van der Waals surface area contributed by atoms with E-state index in [9.17, 15) is 4.79 Å². The summed E-state index contributed by atoms with van der Waals surface area (Å²) in [5.74, 6) is -0.127. The lowest BCUT2D eigenvalue weighted by Gasteiger charge is -2.37. The Morgan fingerprint density at radius 2 is 2.21 bits per heavy atom. The summed E-state index contributed by atoms with van der Waals surface area (Å²) >= 11 is 0. The molecule has 1 saturated heterocycles. The van der Waals surface area contributed by atoms with E-state index in [1.807, 2.05) is 0 Å². The van der Waals surface area contributed by atoms with Crippen LogP contribution in [0.15, 0.2) is 0 Å². The van der Waals surface area contributed by atoms with E-state index in [4.69, 9.17) is 9.84 Å². The number of methoxy groups -OCH3 is 1. The molecule has 0 aromatic rings. The van der Waals surface area contributed by atoms with Crippen molar-refractivity contribution < 1.29 is 14.6 Å². The number of nitrogens with one attached hydrogen (secondary N) is 1. The Kier molecular flexibility index (Phi) is 8.02. The molecule has 112 valence electrons. The molecule has 5 heteroatoms. The zero-order valence-corrected chi connectivity index (χ0v) is 12.2. The molecular weight excluding hydrogens is 244 g/mol. The average molecular weight is 272 g/mol. The minimum atomic E-state index is -0.102. The predicted octanol–water partition coefficient (Wildman–Crippen LogP) is 0.622. The fourth-order valence-corrected chi connectivity index (χ4v) is 2.63. The molecule has 1 heterocycles. The van der Waals surface area contributed by atoms with Gasteiger partial charge in [0.15, 0.2) is 0 Å². The first kappa shape index (κ1) is 16.4. The number of carbonyl (C=O) groups is 1. The van der Waals surface area contributed by atoms with Gasteiger partial charge >= 0.3 is 5.97 Å². The van der Waals surface area contributed by atoms with Crippen LogP contribution in [-0.2, 0) is 9.53 Å². The maximum Gasteiger partial charge on any atom is 0.310 e. The highest BCUT2D eigenvalue weighted by Gasteiger charge is 2.31. The molecule has 2 N–H and O–H groups in total. The van der Waals surface area contributed by atoms with Gasteiger partial charge in [0.2, 0.25) is 0 Å². The SMILES string of the molecule is CCCCN1CC(NCCCO)CC(C(=O)OC)C1. The first-order valence-corrected chi connectivity index (χ1v) is 7.35. The molecule has 0 aliphatic carbocycles. The van der Waals surface area contributed by atoms with E-state index in [-0.39, 0.29) is 18.5 Å². The molecule has 0 aromatic carbocycles. The zero-order valence-electron chi connectivity index (χ0n) is 12.2. The van der Waals surface area contributed by atoms with Crippen molar-refractivity contribution in [3.63, 3.8) is 0 Å². The van der Waals surface area contributed by atoms with Gasteiger partial charge in [0.1, 0.15) is 0 Å². The Bertz CT molecular complexity index is 261. The lowest BCUT2D eigenvalue weighted by atomic mass is 9.94. The van der Waals surface area contributed by atoms with Gasteiger partial charge in [0.05, 0.1) is 13.0 Å². The van der Waals surface area contributed by atoms with Gasteiger partial charge in [0, 0.05) is 25.7 Å². The van der Waals surface area contributed by atoms with Crippen LogP contribution in [0.3, 0.4) is 0 Å². The van der Waals surface area contributed by atoms with Crippen LogP contribution in [-0.4, -0.2) is 61.9 Å². The van der Waals surface area contributed by atoms with Gasteiger partial charge in [-0.05, 0) is 32.4 Å². The second kappa shape index (κ2) is 9.28. The van der Waals surface area contributed by atoms with Crippen LogP contribution in [0.2, 0.25) is 0 Å². The molecule has 19 heavy (non-hydrogen) atoms. The molecule has 1 rings (SSSR count). The normalized spacial score (nSPS) is 24.4. The molecule has 2 atom stereocenters. The number of hydrogen-bond donors (Lipinski definition) is 2. The van der Waals surface area contributed by atoms with Gasteiger partial charge in [-0.2, -0.15) is 0 Å². The highest BCUT2D eigenvalue weighted by Crippen LogP contribution is 2.19. The van der Waals surface area contributed by atoms with Crippen LogP contribution in [0, 0.1) is 5.92 Å². The molecule has 5 nitrogen and oxygen atoms in total. The first-order valence-electron chi connectivity index (χ1n) is 7.35. The summed E-state index contributed by atoms with van der Waals surface area (Å²) < 4.78 is 4.88. The van der Waals surface area contributed by atoms with Gasteiger partial charge in [-0.3, -0.25) is 4.79 Å². The second-order valence-corrected chi connectivity index (χ2v) is 5.30. The summed E-state index contributed by atoms with van der Waals surface area (Å²) in [6.07, 6.45) is 3.92. The minimum absolute atomic E-state index is 0.0257. The van der Waals surface area contributed by atoms with E-state index in [1.165, 1.54) is 13.5 Å². The third-order valence-corrected chi connectivity index (χ3v) is 3.66.